The Morgan fingerprint density at radius 2 is 1.59 bits per heavy atom. The zero-order chi connectivity index (χ0) is 22.5. The summed E-state index contributed by atoms with van der Waals surface area (Å²) in [6.45, 7) is 5.17. The van der Waals surface area contributed by atoms with Crippen LogP contribution in [0.5, 0.6) is 5.75 Å². The molecule has 1 fully saturated rings. The Labute approximate surface area is 192 Å². The van der Waals surface area contributed by atoms with Crippen LogP contribution >= 0.6 is 0 Å². The van der Waals surface area contributed by atoms with Crippen LogP contribution in [0.3, 0.4) is 0 Å². The SMILES string of the molecule is CCCCCOc1ccc2c(c1)CCC(c1c(F)cc(C3CCC(CC)CC3)cc1F)C2. The molecule has 0 bridgehead atoms. The van der Waals surface area contributed by atoms with Crippen LogP contribution in [0.4, 0.5) is 8.78 Å². The van der Waals surface area contributed by atoms with Crippen LogP contribution in [0.1, 0.15) is 106 Å². The molecule has 0 N–H and O–H groups in total. The Kier molecular flexibility index (Phi) is 7.86. The Balaban J connectivity index is 1.44. The van der Waals surface area contributed by atoms with Crippen molar-refractivity contribution < 1.29 is 13.5 Å². The average molecular weight is 441 g/mol. The van der Waals surface area contributed by atoms with Crippen molar-refractivity contribution in [1.29, 1.82) is 0 Å². The van der Waals surface area contributed by atoms with Crippen LogP contribution in [-0.2, 0) is 12.8 Å². The van der Waals surface area contributed by atoms with Crippen LogP contribution in [0.2, 0.25) is 0 Å². The molecule has 0 radical (unpaired) electrons. The summed E-state index contributed by atoms with van der Waals surface area (Å²) in [5.74, 6) is 1.22. The molecule has 2 aromatic carbocycles. The van der Waals surface area contributed by atoms with E-state index in [2.05, 4.69) is 26.0 Å². The van der Waals surface area contributed by atoms with Gasteiger partial charge in [0, 0.05) is 5.56 Å². The summed E-state index contributed by atoms with van der Waals surface area (Å²) in [6.07, 6.45) is 11.4. The van der Waals surface area contributed by atoms with Crippen LogP contribution in [-0.4, -0.2) is 6.61 Å². The van der Waals surface area contributed by atoms with Crippen molar-refractivity contribution >= 4 is 0 Å². The van der Waals surface area contributed by atoms with Gasteiger partial charge in [-0.2, -0.15) is 0 Å². The van der Waals surface area contributed by atoms with E-state index in [1.165, 1.54) is 43.2 Å². The first-order valence-electron chi connectivity index (χ1n) is 12.8. The highest BCUT2D eigenvalue weighted by molar-refractivity contribution is 5.41. The highest BCUT2D eigenvalue weighted by Crippen LogP contribution is 2.41. The predicted octanol–water partition coefficient (Wildman–Crippen LogP) is 8.49. The highest BCUT2D eigenvalue weighted by atomic mass is 19.1. The minimum atomic E-state index is -0.345. The molecule has 0 heterocycles. The average Bonchev–Trinajstić information content (AvgIpc) is 2.81. The van der Waals surface area contributed by atoms with Crippen LogP contribution in [0.25, 0.3) is 0 Å². The fraction of sp³-hybridized carbons (Fsp3) is 0.586. The summed E-state index contributed by atoms with van der Waals surface area (Å²) in [5, 5.41) is 0. The Morgan fingerprint density at radius 1 is 0.844 bits per heavy atom. The third-order valence-corrected chi connectivity index (χ3v) is 7.83. The third kappa shape index (κ3) is 5.35. The molecule has 1 atom stereocenters. The van der Waals surface area contributed by atoms with Crippen molar-refractivity contribution in [3.8, 4) is 5.75 Å². The largest absolute Gasteiger partial charge is 0.494 e. The molecule has 32 heavy (non-hydrogen) atoms. The summed E-state index contributed by atoms with van der Waals surface area (Å²) in [6, 6.07) is 9.50. The molecule has 0 aliphatic heterocycles. The van der Waals surface area contributed by atoms with Crippen LogP contribution < -0.4 is 4.74 Å². The predicted molar refractivity (Wildman–Crippen MR) is 128 cm³/mol. The quantitative estimate of drug-likeness (QED) is 0.374. The molecule has 0 aromatic heterocycles. The molecular formula is C29H38F2O. The van der Waals surface area contributed by atoms with Crippen molar-refractivity contribution in [3.05, 3.63) is 64.2 Å². The van der Waals surface area contributed by atoms with E-state index in [1.807, 2.05) is 6.07 Å². The molecule has 174 valence electrons. The molecule has 2 aliphatic carbocycles. The number of benzene rings is 2. The maximum absolute atomic E-state index is 15.2. The van der Waals surface area contributed by atoms with Gasteiger partial charge in [0.05, 0.1) is 6.61 Å². The first kappa shape index (κ1) is 23.3. The smallest absolute Gasteiger partial charge is 0.129 e. The number of hydrogen-bond donors (Lipinski definition) is 0. The molecular weight excluding hydrogens is 402 g/mol. The molecule has 1 unspecified atom stereocenters. The van der Waals surface area contributed by atoms with E-state index < -0.39 is 0 Å². The van der Waals surface area contributed by atoms with Crippen molar-refractivity contribution in [1.82, 2.24) is 0 Å². The highest BCUT2D eigenvalue weighted by Gasteiger charge is 2.28. The molecule has 2 aromatic rings. The lowest BCUT2D eigenvalue weighted by atomic mass is 9.76. The first-order chi connectivity index (χ1) is 15.6. The number of hydrogen-bond acceptors (Lipinski definition) is 1. The molecule has 3 heteroatoms. The number of ether oxygens (including phenoxy) is 1. The second kappa shape index (κ2) is 10.8. The Bertz CT molecular complexity index is 875. The molecule has 0 saturated heterocycles. The van der Waals surface area contributed by atoms with Gasteiger partial charge in [-0.1, -0.05) is 39.2 Å². The van der Waals surface area contributed by atoms with Crippen molar-refractivity contribution in [3.63, 3.8) is 0 Å². The lowest BCUT2D eigenvalue weighted by Crippen LogP contribution is -2.17. The van der Waals surface area contributed by atoms with Gasteiger partial charge >= 0.3 is 0 Å². The molecule has 1 nitrogen and oxygen atoms in total. The lowest BCUT2D eigenvalue weighted by Gasteiger charge is -2.29. The van der Waals surface area contributed by atoms with E-state index in [4.69, 9.17) is 4.74 Å². The fourth-order valence-electron chi connectivity index (χ4n) is 5.74. The number of rotatable bonds is 8. The van der Waals surface area contributed by atoms with Gasteiger partial charge in [-0.25, -0.2) is 8.78 Å². The topological polar surface area (TPSA) is 9.23 Å². The number of unbranched alkanes of at least 4 members (excludes halogenated alkanes) is 2. The lowest BCUT2D eigenvalue weighted by molar-refractivity contribution is 0.305. The second-order valence-electron chi connectivity index (χ2n) is 9.95. The van der Waals surface area contributed by atoms with Gasteiger partial charge in [-0.05, 0) is 110 Å². The van der Waals surface area contributed by atoms with Crippen molar-refractivity contribution in [2.75, 3.05) is 6.61 Å². The van der Waals surface area contributed by atoms with Gasteiger partial charge in [0.2, 0.25) is 0 Å². The van der Waals surface area contributed by atoms with E-state index in [0.717, 1.165) is 55.9 Å². The zero-order valence-electron chi connectivity index (χ0n) is 19.8. The van der Waals surface area contributed by atoms with Crippen LogP contribution in [0, 0.1) is 17.6 Å². The zero-order valence-corrected chi connectivity index (χ0v) is 19.8. The summed E-state index contributed by atoms with van der Waals surface area (Å²) >= 11 is 0. The second-order valence-corrected chi connectivity index (χ2v) is 9.95. The third-order valence-electron chi connectivity index (χ3n) is 7.83. The Hall–Kier alpha value is -1.90. The maximum atomic E-state index is 15.2. The number of aryl methyl sites for hydroxylation is 1. The van der Waals surface area contributed by atoms with E-state index in [-0.39, 0.29) is 17.6 Å². The number of halogens is 2. The van der Waals surface area contributed by atoms with Gasteiger partial charge in [0.1, 0.15) is 17.4 Å². The molecule has 4 rings (SSSR count). The monoisotopic (exact) mass is 440 g/mol. The van der Waals surface area contributed by atoms with Gasteiger partial charge in [0.15, 0.2) is 0 Å². The summed E-state index contributed by atoms with van der Waals surface area (Å²) < 4.78 is 36.2. The van der Waals surface area contributed by atoms with E-state index >= 15 is 8.78 Å². The molecule has 0 amide bonds. The molecule has 0 spiro atoms. The van der Waals surface area contributed by atoms with Crippen molar-refractivity contribution in [2.24, 2.45) is 5.92 Å². The molecule has 1 saturated carbocycles. The molecule has 2 aliphatic rings. The summed E-state index contributed by atoms with van der Waals surface area (Å²) in [7, 11) is 0. The van der Waals surface area contributed by atoms with Gasteiger partial charge in [-0.3, -0.25) is 0 Å². The van der Waals surface area contributed by atoms with Crippen molar-refractivity contribution in [2.45, 2.75) is 96.3 Å². The van der Waals surface area contributed by atoms with E-state index in [0.29, 0.717) is 17.9 Å². The standard InChI is InChI=1S/C29H38F2O/c1-3-5-6-15-32-26-14-13-22-16-24(12-11-23(22)17-26)29-27(30)18-25(19-28(29)31)21-9-7-20(4-2)8-10-21/h13-14,17-21,24H,3-12,15-16H2,1-2H3. The minimum absolute atomic E-state index is 0.0938. The minimum Gasteiger partial charge on any atom is -0.494 e. The van der Waals surface area contributed by atoms with Gasteiger partial charge in [-0.15, -0.1) is 0 Å². The Morgan fingerprint density at radius 3 is 2.28 bits per heavy atom. The summed E-state index contributed by atoms with van der Waals surface area (Å²) in [5.41, 5.74) is 3.61. The van der Waals surface area contributed by atoms with Gasteiger partial charge < -0.3 is 4.74 Å². The van der Waals surface area contributed by atoms with E-state index in [1.54, 1.807) is 12.1 Å². The first-order valence-corrected chi connectivity index (χ1v) is 12.8. The fourth-order valence-corrected chi connectivity index (χ4v) is 5.74. The summed E-state index contributed by atoms with van der Waals surface area (Å²) in [4.78, 5) is 0. The number of fused-ring (bicyclic) bond motifs is 1. The van der Waals surface area contributed by atoms with E-state index in [9.17, 15) is 0 Å². The normalized spacial score (nSPS) is 23.1. The van der Waals surface area contributed by atoms with Crippen LogP contribution in [0.15, 0.2) is 30.3 Å². The maximum Gasteiger partial charge on any atom is 0.129 e. The van der Waals surface area contributed by atoms with Gasteiger partial charge in [0.25, 0.3) is 0 Å².